The third-order valence-electron chi connectivity index (χ3n) is 3.64. The van der Waals surface area contributed by atoms with Gasteiger partial charge >= 0.3 is 5.97 Å². The van der Waals surface area contributed by atoms with Crippen LogP contribution in [0.1, 0.15) is 23.7 Å². The largest absolute Gasteiger partial charge is 0.481 e. The van der Waals surface area contributed by atoms with Crippen LogP contribution in [0.25, 0.3) is 11.0 Å². The average molecular weight is 351 g/mol. The normalized spacial score (nSPS) is 11.9. The van der Waals surface area contributed by atoms with Gasteiger partial charge in [-0.15, -0.1) is 12.4 Å². The molecular weight excluding hydrogens is 335 g/mol. The number of carboxylic acid groups (broad SMARTS) is 1. The van der Waals surface area contributed by atoms with E-state index >= 15 is 0 Å². The number of nitrogens with zero attached hydrogens (tertiary/aromatic N) is 1. The van der Waals surface area contributed by atoms with Gasteiger partial charge in [-0.1, -0.05) is 35.9 Å². The maximum atomic E-state index is 11.2. The van der Waals surface area contributed by atoms with Gasteiger partial charge < -0.3 is 10.1 Å². The van der Waals surface area contributed by atoms with E-state index in [1.54, 1.807) is 12.1 Å². The molecule has 0 amide bonds. The van der Waals surface area contributed by atoms with Crippen molar-refractivity contribution < 1.29 is 9.90 Å². The van der Waals surface area contributed by atoms with Gasteiger partial charge in [0.15, 0.2) is 0 Å². The molecule has 0 bridgehead atoms. The van der Waals surface area contributed by atoms with Crippen molar-refractivity contribution in [2.24, 2.45) is 0 Å². The Balaban J connectivity index is 0.00000192. The van der Waals surface area contributed by atoms with Crippen LogP contribution in [0.2, 0.25) is 5.02 Å². The minimum Gasteiger partial charge on any atom is -0.481 e. The van der Waals surface area contributed by atoms with E-state index in [1.807, 2.05) is 36.4 Å². The lowest BCUT2D eigenvalue weighted by Gasteiger charge is -2.14. The molecule has 6 heteroatoms. The second-order valence-corrected chi connectivity index (χ2v) is 5.69. The van der Waals surface area contributed by atoms with Crippen LogP contribution in [0.5, 0.6) is 0 Å². The van der Waals surface area contributed by atoms with Crippen molar-refractivity contribution in [3.63, 3.8) is 0 Å². The van der Waals surface area contributed by atoms with Gasteiger partial charge in [-0.2, -0.15) is 0 Å². The Kier molecular flexibility index (Phi) is 5.64. The average Bonchev–Trinajstić information content (AvgIpc) is 2.89. The quantitative estimate of drug-likeness (QED) is 0.714. The first-order valence-electron chi connectivity index (χ1n) is 7.02. The summed E-state index contributed by atoms with van der Waals surface area (Å²) in [5, 5.41) is 9.80. The number of fused-ring (bicyclic) bond motifs is 1. The number of carbonyl (C=O) groups is 1. The van der Waals surface area contributed by atoms with Crippen LogP contribution in [-0.4, -0.2) is 21.0 Å². The second-order valence-electron chi connectivity index (χ2n) is 5.25. The molecule has 0 saturated heterocycles. The Morgan fingerprint density at radius 2 is 1.87 bits per heavy atom. The van der Waals surface area contributed by atoms with E-state index in [-0.39, 0.29) is 24.7 Å². The summed E-state index contributed by atoms with van der Waals surface area (Å²) < 4.78 is 0. The molecule has 23 heavy (non-hydrogen) atoms. The van der Waals surface area contributed by atoms with Crippen molar-refractivity contribution in [3.8, 4) is 0 Å². The molecule has 0 fully saturated rings. The zero-order valence-corrected chi connectivity index (χ0v) is 13.8. The first-order chi connectivity index (χ1) is 10.6. The molecule has 0 spiro atoms. The molecule has 4 nitrogen and oxygen atoms in total. The number of hydrogen-bond donors (Lipinski definition) is 2. The summed E-state index contributed by atoms with van der Waals surface area (Å²) in [7, 11) is 0. The maximum Gasteiger partial charge on any atom is 0.303 e. The third kappa shape index (κ3) is 4.24. The summed E-state index contributed by atoms with van der Waals surface area (Å²) in [6, 6.07) is 15.1. The lowest BCUT2D eigenvalue weighted by Crippen LogP contribution is -2.10. The second kappa shape index (κ2) is 7.49. The zero-order valence-electron chi connectivity index (χ0n) is 12.2. The fourth-order valence-electron chi connectivity index (χ4n) is 2.59. The van der Waals surface area contributed by atoms with E-state index in [9.17, 15) is 4.79 Å². The first kappa shape index (κ1) is 17.3. The predicted octanol–water partition coefficient (Wildman–Crippen LogP) is 4.44. The zero-order chi connectivity index (χ0) is 15.5. The minimum absolute atomic E-state index is 0. The van der Waals surface area contributed by atoms with Crippen molar-refractivity contribution in [2.75, 3.05) is 0 Å². The van der Waals surface area contributed by atoms with Gasteiger partial charge in [0.05, 0.1) is 17.5 Å². The molecule has 120 valence electrons. The van der Waals surface area contributed by atoms with E-state index in [4.69, 9.17) is 16.7 Å². The molecule has 2 aromatic carbocycles. The Morgan fingerprint density at radius 3 is 2.52 bits per heavy atom. The number of aliphatic carboxylic acids is 1. The molecule has 1 heterocycles. The van der Waals surface area contributed by atoms with Crippen LogP contribution in [0.15, 0.2) is 48.5 Å². The van der Waals surface area contributed by atoms with Crippen molar-refractivity contribution in [2.45, 2.75) is 18.8 Å². The minimum atomic E-state index is -0.823. The molecule has 3 rings (SSSR count). The first-order valence-corrected chi connectivity index (χ1v) is 7.40. The van der Waals surface area contributed by atoms with Gasteiger partial charge in [0.1, 0.15) is 5.82 Å². The molecule has 1 unspecified atom stereocenters. The Morgan fingerprint density at radius 1 is 1.17 bits per heavy atom. The number of hydrogen-bond acceptors (Lipinski definition) is 2. The highest BCUT2D eigenvalue weighted by Crippen LogP contribution is 2.26. The lowest BCUT2D eigenvalue weighted by molar-refractivity contribution is -0.137. The number of benzene rings is 2. The molecular formula is C17H16Cl2N2O2. The monoisotopic (exact) mass is 350 g/mol. The van der Waals surface area contributed by atoms with E-state index < -0.39 is 5.97 Å². The summed E-state index contributed by atoms with van der Waals surface area (Å²) in [5.41, 5.74) is 2.80. The molecule has 0 aliphatic heterocycles. The van der Waals surface area contributed by atoms with E-state index in [0.717, 1.165) is 22.4 Å². The molecule has 1 atom stereocenters. The molecule has 2 N–H and O–H groups in total. The molecule has 0 aliphatic carbocycles. The standard InChI is InChI=1S/C17H15ClN2O2.ClH/c18-13-7-5-11(6-8-13)12(10-17(21)22)9-16-19-14-3-1-2-4-15(14)20-16;/h1-8,12H,9-10H2,(H,19,20)(H,21,22);1H. The van der Waals surface area contributed by atoms with Crippen LogP contribution in [0.4, 0.5) is 0 Å². The summed E-state index contributed by atoms with van der Waals surface area (Å²) in [6.45, 7) is 0. The number of aromatic amines is 1. The van der Waals surface area contributed by atoms with Gasteiger partial charge in [0, 0.05) is 17.4 Å². The van der Waals surface area contributed by atoms with Crippen molar-refractivity contribution in [1.82, 2.24) is 9.97 Å². The molecule has 0 radical (unpaired) electrons. The van der Waals surface area contributed by atoms with Crippen LogP contribution in [0.3, 0.4) is 0 Å². The summed E-state index contributed by atoms with van der Waals surface area (Å²) >= 11 is 5.90. The number of rotatable bonds is 5. The van der Waals surface area contributed by atoms with Gasteiger partial charge in [0.25, 0.3) is 0 Å². The fraction of sp³-hybridized carbons (Fsp3) is 0.176. The third-order valence-corrected chi connectivity index (χ3v) is 3.89. The SMILES string of the molecule is Cl.O=C(O)CC(Cc1nc2ccccc2[nH]1)c1ccc(Cl)cc1. The number of halogens is 2. The Labute approximate surface area is 144 Å². The highest BCUT2D eigenvalue weighted by Gasteiger charge is 2.18. The molecule has 1 aromatic heterocycles. The van der Waals surface area contributed by atoms with E-state index in [0.29, 0.717) is 11.4 Å². The van der Waals surface area contributed by atoms with Gasteiger partial charge in [0.2, 0.25) is 0 Å². The number of carboxylic acids is 1. The lowest BCUT2D eigenvalue weighted by atomic mass is 9.92. The summed E-state index contributed by atoms with van der Waals surface area (Å²) in [6.07, 6.45) is 0.599. The van der Waals surface area contributed by atoms with E-state index in [1.165, 1.54) is 0 Å². The molecule has 0 aliphatic rings. The topological polar surface area (TPSA) is 66.0 Å². The smallest absolute Gasteiger partial charge is 0.303 e. The van der Waals surface area contributed by atoms with Crippen molar-refractivity contribution >= 4 is 41.0 Å². The number of imidazole rings is 1. The fourth-order valence-corrected chi connectivity index (χ4v) is 2.72. The van der Waals surface area contributed by atoms with Crippen molar-refractivity contribution in [3.05, 3.63) is 64.9 Å². The van der Waals surface area contributed by atoms with Crippen LogP contribution in [-0.2, 0) is 11.2 Å². The predicted molar refractivity (Wildman–Crippen MR) is 93.5 cm³/mol. The molecule has 3 aromatic rings. The van der Waals surface area contributed by atoms with Gasteiger partial charge in [-0.3, -0.25) is 4.79 Å². The Hall–Kier alpha value is -2.04. The Bertz CT molecular complexity index is 767. The van der Waals surface area contributed by atoms with Crippen molar-refractivity contribution in [1.29, 1.82) is 0 Å². The highest BCUT2D eigenvalue weighted by atomic mass is 35.5. The summed E-state index contributed by atoms with van der Waals surface area (Å²) in [5.74, 6) is -0.172. The number of aromatic nitrogens is 2. The highest BCUT2D eigenvalue weighted by molar-refractivity contribution is 6.30. The van der Waals surface area contributed by atoms with Gasteiger partial charge in [-0.05, 0) is 29.8 Å². The van der Waals surface area contributed by atoms with Crippen LogP contribution < -0.4 is 0 Å². The number of H-pyrrole nitrogens is 1. The number of para-hydroxylation sites is 2. The van der Waals surface area contributed by atoms with Crippen LogP contribution >= 0.6 is 24.0 Å². The van der Waals surface area contributed by atoms with Gasteiger partial charge in [-0.25, -0.2) is 4.98 Å². The van der Waals surface area contributed by atoms with Crippen LogP contribution in [0, 0.1) is 0 Å². The number of nitrogens with one attached hydrogen (secondary N) is 1. The molecule has 0 saturated carbocycles. The maximum absolute atomic E-state index is 11.2. The van der Waals surface area contributed by atoms with E-state index in [2.05, 4.69) is 9.97 Å². The summed E-state index contributed by atoms with van der Waals surface area (Å²) in [4.78, 5) is 18.9.